The predicted molar refractivity (Wildman–Crippen MR) is 165 cm³/mol. The van der Waals surface area contributed by atoms with Crippen molar-refractivity contribution in [1.29, 1.82) is 0 Å². The van der Waals surface area contributed by atoms with Gasteiger partial charge in [-0.2, -0.15) is 0 Å². The van der Waals surface area contributed by atoms with Crippen LogP contribution >= 0.6 is 0 Å². The third kappa shape index (κ3) is 4.61. The second-order valence-corrected chi connectivity index (χ2v) is 16.2. The average molecular weight is 631 g/mol. The highest BCUT2D eigenvalue weighted by Crippen LogP contribution is 2.88. The number of fused-ring (bicyclic) bond motifs is 4. The minimum Gasteiger partial charge on any atom is -0.457 e. The summed E-state index contributed by atoms with van der Waals surface area (Å²) < 4.78 is 23.9. The van der Waals surface area contributed by atoms with Crippen LogP contribution in [0.5, 0.6) is 0 Å². The number of aliphatic hydroxyl groups is 2. The molecule has 1 heterocycles. The zero-order chi connectivity index (χ0) is 32.7. The van der Waals surface area contributed by atoms with Crippen molar-refractivity contribution in [2.24, 2.45) is 45.3 Å². The maximum atomic E-state index is 14.9. The number of aliphatic hydroxyl groups excluding tert-OH is 1. The molecule has 2 N–H and O–H groups in total. The Balaban J connectivity index is 1.27. The van der Waals surface area contributed by atoms with Crippen molar-refractivity contribution in [3.63, 3.8) is 0 Å². The quantitative estimate of drug-likeness (QED) is 0.163. The van der Waals surface area contributed by atoms with Gasteiger partial charge in [0.05, 0.1) is 31.0 Å². The molecule has 9 heteroatoms. The molecule has 1 aliphatic heterocycles. The van der Waals surface area contributed by atoms with Crippen LogP contribution in [-0.2, 0) is 33.3 Å². The second kappa shape index (κ2) is 11.2. The third-order valence-electron chi connectivity index (χ3n) is 14.0. The highest BCUT2D eigenvalue weighted by molar-refractivity contribution is 5.93. The van der Waals surface area contributed by atoms with Gasteiger partial charge in [-0.15, -0.1) is 0 Å². The summed E-state index contributed by atoms with van der Waals surface area (Å²) in [5, 5.41) is 20.1. The molecule has 0 aromatic rings. The van der Waals surface area contributed by atoms with Gasteiger partial charge in [0, 0.05) is 18.3 Å². The Morgan fingerprint density at radius 3 is 2.51 bits per heavy atom. The first kappa shape index (κ1) is 33.3. The van der Waals surface area contributed by atoms with E-state index in [0.717, 1.165) is 44.9 Å². The van der Waals surface area contributed by atoms with E-state index in [-0.39, 0.29) is 59.1 Å². The lowest BCUT2D eigenvalue weighted by molar-refractivity contribution is -0.208. The molecule has 0 aromatic carbocycles. The number of ether oxygens (including phenoxy) is 4. The molecular formula is C36H54O9. The Bertz CT molecular complexity index is 1240. The molecule has 5 aliphatic carbocycles. The van der Waals surface area contributed by atoms with Crippen LogP contribution in [0.4, 0.5) is 0 Å². The van der Waals surface area contributed by atoms with Gasteiger partial charge in [-0.05, 0) is 112 Å². The standard InChI is InChI=1S/C36H54O9/c1-8-22-23-9-10-26-34(7)30(40)29-28(20(2)17-25(45-29)31(32(4,5)41)43-21(3)39)33(34,6)13-14-36(26)19-35(23,36)12-11-24(22)44-27(18-38)42-16-15-37/h8,18,20,23-29,31,37,41H,9-17,19H2,1-7H3/b22-8+/t20-,23+,24+,25-,26+,27+,28?,29+,31+,33-,34-,35-,36+/m1/s1. The summed E-state index contributed by atoms with van der Waals surface area (Å²) in [6, 6.07) is 0. The van der Waals surface area contributed by atoms with Gasteiger partial charge in [-0.1, -0.05) is 26.8 Å². The number of esters is 1. The Labute approximate surface area is 267 Å². The normalized spacial score (nSPS) is 47.4. The number of hydrogen-bond acceptors (Lipinski definition) is 9. The van der Waals surface area contributed by atoms with Crippen molar-refractivity contribution < 1.29 is 43.5 Å². The van der Waals surface area contributed by atoms with Gasteiger partial charge >= 0.3 is 5.97 Å². The smallest absolute Gasteiger partial charge is 0.303 e. The molecular weight excluding hydrogens is 576 g/mol. The minimum absolute atomic E-state index is 0.0536. The van der Waals surface area contributed by atoms with Crippen LogP contribution in [0.3, 0.4) is 0 Å². The van der Waals surface area contributed by atoms with Crippen LogP contribution in [0.2, 0.25) is 0 Å². The highest BCUT2D eigenvalue weighted by Gasteiger charge is 2.84. The molecule has 1 unspecified atom stereocenters. The molecule has 6 fully saturated rings. The SMILES string of the molecule is C/C=C1/[C@@H](O[C@@H](C=O)OCCO)CC[C@]23C[C@]24CC[C@]2(C)C5[C@H](C)C[C@H]([C@H](OC(C)=O)C(C)(C)O)O[C@@H]5C(=O)[C@@]2(C)[C@@H]4CC[C@@H]13. The Hall–Kier alpha value is -1.65. The zero-order valence-electron chi connectivity index (χ0n) is 28.2. The summed E-state index contributed by atoms with van der Waals surface area (Å²) in [6.07, 6.45) is 7.25. The van der Waals surface area contributed by atoms with Crippen LogP contribution in [0.1, 0.15) is 99.8 Å². The minimum atomic E-state index is -1.31. The largest absolute Gasteiger partial charge is 0.457 e. The van der Waals surface area contributed by atoms with E-state index in [9.17, 15) is 19.5 Å². The van der Waals surface area contributed by atoms with E-state index in [1.807, 2.05) is 0 Å². The van der Waals surface area contributed by atoms with Crippen molar-refractivity contribution >= 4 is 18.0 Å². The molecule has 252 valence electrons. The zero-order valence-corrected chi connectivity index (χ0v) is 28.2. The lowest BCUT2D eigenvalue weighted by Crippen LogP contribution is -2.57. The first-order chi connectivity index (χ1) is 21.1. The fourth-order valence-electron chi connectivity index (χ4n) is 12.2. The fraction of sp³-hybridized carbons (Fsp3) is 0.861. The van der Waals surface area contributed by atoms with Gasteiger partial charge in [0.2, 0.25) is 6.29 Å². The number of ketones is 1. The Morgan fingerprint density at radius 2 is 1.89 bits per heavy atom. The van der Waals surface area contributed by atoms with Crippen molar-refractivity contribution in [2.45, 2.75) is 136 Å². The number of hydrogen-bond donors (Lipinski definition) is 2. The molecule has 9 nitrogen and oxygen atoms in total. The van der Waals surface area contributed by atoms with E-state index in [1.54, 1.807) is 13.8 Å². The third-order valence-corrected chi connectivity index (χ3v) is 14.0. The average Bonchev–Trinajstić information content (AvgIpc) is 3.61. The van der Waals surface area contributed by atoms with E-state index < -0.39 is 41.6 Å². The molecule has 13 atom stereocenters. The predicted octanol–water partition coefficient (Wildman–Crippen LogP) is 4.55. The molecule has 0 radical (unpaired) electrons. The van der Waals surface area contributed by atoms with Crippen LogP contribution in [0, 0.1) is 45.3 Å². The summed E-state index contributed by atoms with van der Waals surface area (Å²) >= 11 is 0. The monoisotopic (exact) mass is 630 g/mol. The van der Waals surface area contributed by atoms with Crippen LogP contribution < -0.4 is 0 Å². The van der Waals surface area contributed by atoms with E-state index in [2.05, 4.69) is 33.8 Å². The van der Waals surface area contributed by atoms with Gasteiger partial charge in [-0.3, -0.25) is 14.4 Å². The Kier molecular flexibility index (Phi) is 8.29. The molecule has 2 spiro atoms. The molecule has 6 aliphatic rings. The summed E-state index contributed by atoms with van der Waals surface area (Å²) in [4.78, 5) is 38.6. The van der Waals surface area contributed by atoms with Crippen LogP contribution in [-0.4, -0.2) is 77.8 Å². The molecule has 0 bridgehead atoms. The lowest BCUT2D eigenvalue weighted by atomic mass is 9.43. The number of carbonyl (C=O) groups excluding carboxylic acids is 3. The number of Topliss-reactive ketones (excluding diaryl/α,β-unsaturated/α-hetero) is 1. The van der Waals surface area contributed by atoms with Gasteiger partial charge in [0.25, 0.3) is 0 Å². The summed E-state index contributed by atoms with van der Waals surface area (Å²) in [7, 11) is 0. The van der Waals surface area contributed by atoms with Gasteiger partial charge < -0.3 is 29.2 Å². The molecule has 45 heavy (non-hydrogen) atoms. The van der Waals surface area contributed by atoms with E-state index in [4.69, 9.17) is 24.1 Å². The van der Waals surface area contributed by atoms with Crippen LogP contribution in [0.15, 0.2) is 11.6 Å². The van der Waals surface area contributed by atoms with Crippen molar-refractivity contribution in [3.8, 4) is 0 Å². The van der Waals surface area contributed by atoms with E-state index in [0.29, 0.717) is 18.6 Å². The first-order valence-corrected chi connectivity index (χ1v) is 17.2. The molecule has 6 rings (SSSR count). The lowest BCUT2D eigenvalue weighted by Gasteiger charge is -2.60. The number of carbonyl (C=O) groups is 3. The maximum Gasteiger partial charge on any atom is 0.303 e. The maximum absolute atomic E-state index is 14.9. The number of allylic oxidation sites excluding steroid dienone is 1. The molecule has 5 saturated carbocycles. The van der Waals surface area contributed by atoms with Crippen LogP contribution in [0.25, 0.3) is 0 Å². The molecule has 1 saturated heterocycles. The van der Waals surface area contributed by atoms with Gasteiger partial charge in [-0.25, -0.2) is 0 Å². The number of rotatable bonds is 9. The van der Waals surface area contributed by atoms with Crippen molar-refractivity contribution in [1.82, 2.24) is 0 Å². The number of aldehydes is 1. The topological polar surface area (TPSA) is 129 Å². The molecule has 0 amide bonds. The fourth-order valence-corrected chi connectivity index (χ4v) is 12.2. The van der Waals surface area contributed by atoms with Gasteiger partial charge in [0.15, 0.2) is 18.2 Å². The highest BCUT2D eigenvalue weighted by atomic mass is 16.7. The van der Waals surface area contributed by atoms with Gasteiger partial charge in [0.1, 0.15) is 6.10 Å². The van der Waals surface area contributed by atoms with E-state index >= 15 is 0 Å². The summed E-state index contributed by atoms with van der Waals surface area (Å²) in [6.45, 7) is 13.4. The first-order valence-electron chi connectivity index (χ1n) is 17.2. The van der Waals surface area contributed by atoms with E-state index in [1.165, 1.54) is 12.5 Å². The Morgan fingerprint density at radius 1 is 1.16 bits per heavy atom. The van der Waals surface area contributed by atoms with Crippen molar-refractivity contribution in [3.05, 3.63) is 11.6 Å². The van der Waals surface area contributed by atoms with Crippen molar-refractivity contribution in [2.75, 3.05) is 13.2 Å². The second-order valence-electron chi connectivity index (χ2n) is 16.2. The summed E-state index contributed by atoms with van der Waals surface area (Å²) in [5.74, 6) is 0.590. The summed E-state index contributed by atoms with van der Waals surface area (Å²) in [5.41, 5.74) is -0.563. The molecule has 0 aromatic heterocycles.